The zero-order valence-corrected chi connectivity index (χ0v) is 19.4. The van der Waals surface area contributed by atoms with E-state index in [9.17, 15) is 24.8 Å². The average molecular weight is 471 g/mol. The fourth-order valence-electron chi connectivity index (χ4n) is 4.54. The number of non-ortho nitro benzene ring substituents is 1. The maximum Gasteiger partial charge on any atom is 0.290 e. The number of Topliss-reactive ketones (excluding diaryl/α,β-unsaturated/α-hetero) is 1. The Labute approximate surface area is 195 Å². The van der Waals surface area contributed by atoms with Crippen molar-refractivity contribution in [1.82, 2.24) is 14.8 Å². The van der Waals surface area contributed by atoms with Crippen LogP contribution in [0.1, 0.15) is 51.2 Å². The first-order valence-corrected chi connectivity index (χ1v) is 11.8. The minimum Gasteiger partial charge on any atom is -0.503 e. The van der Waals surface area contributed by atoms with Crippen molar-refractivity contribution in [2.45, 2.75) is 39.2 Å². The maximum absolute atomic E-state index is 13.5. The first kappa shape index (κ1) is 23.1. The van der Waals surface area contributed by atoms with Crippen molar-refractivity contribution in [2.24, 2.45) is 0 Å². The summed E-state index contributed by atoms with van der Waals surface area (Å²) >= 11 is 1.22. The Hall–Kier alpha value is -3.11. The highest BCUT2D eigenvalue weighted by atomic mass is 32.1. The molecular formula is C23H26N4O5S. The van der Waals surface area contributed by atoms with Crippen molar-refractivity contribution in [3.63, 3.8) is 0 Å². The van der Waals surface area contributed by atoms with Gasteiger partial charge in [-0.15, -0.1) is 11.3 Å². The Balaban J connectivity index is 1.70. The number of nitrogens with zero attached hydrogens (tertiary/aromatic N) is 4. The minimum absolute atomic E-state index is 0.000697. The summed E-state index contributed by atoms with van der Waals surface area (Å²) < 4.78 is 0. The SMILES string of the molecule is Cc1nc(C)c(C(=O)C2=C(O)C(=O)N(CCN3CCCCC3)C2c2ccc([N+](=O)[O-])cc2)s1. The molecule has 2 aliphatic heterocycles. The molecule has 1 amide bonds. The summed E-state index contributed by atoms with van der Waals surface area (Å²) in [5.41, 5.74) is 1.00. The van der Waals surface area contributed by atoms with Gasteiger partial charge in [0, 0.05) is 25.2 Å². The van der Waals surface area contributed by atoms with Crippen LogP contribution < -0.4 is 0 Å². The molecule has 0 saturated carbocycles. The van der Waals surface area contributed by atoms with E-state index in [-0.39, 0.29) is 11.3 Å². The lowest BCUT2D eigenvalue weighted by molar-refractivity contribution is -0.384. The number of piperidine rings is 1. The van der Waals surface area contributed by atoms with Crippen LogP contribution in [0.5, 0.6) is 0 Å². The molecule has 1 aromatic heterocycles. The lowest BCUT2D eigenvalue weighted by Crippen LogP contribution is -2.40. The molecular weight excluding hydrogens is 444 g/mol. The van der Waals surface area contributed by atoms with E-state index in [1.807, 2.05) is 0 Å². The van der Waals surface area contributed by atoms with Crippen molar-refractivity contribution in [1.29, 1.82) is 0 Å². The molecule has 0 bridgehead atoms. The Morgan fingerprint density at radius 1 is 1.18 bits per heavy atom. The highest BCUT2D eigenvalue weighted by molar-refractivity contribution is 7.14. The van der Waals surface area contributed by atoms with Gasteiger partial charge in [0.1, 0.15) is 0 Å². The van der Waals surface area contributed by atoms with Crippen LogP contribution in [0.3, 0.4) is 0 Å². The third-order valence-electron chi connectivity index (χ3n) is 6.18. The first-order chi connectivity index (χ1) is 15.8. The Morgan fingerprint density at radius 2 is 1.85 bits per heavy atom. The first-order valence-electron chi connectivity index (χ1n) is 11.0. The van der Waals surface area contributed by atoms with Crippen LogP contribution >= 0.6 is 11.3 Å². The van der Waals surface area contributed by atoms with E-state index >= 15 is 0 Å². The number of amides is 1. The van der Waals surface area contributed by atoms with Crippen molar-refractivity contribution in [3.8, 4) is 0 Å². The predicted molar refractivity (Wildman–Crippen MR) is 123 cm³/mol. The van der Waals surface area contributed by atoms with E-state index < -0.39 is 28.4 Å². The van der Waals surface area contributed by atoms with Gasteiger partial charge < -0.3 is 14.9 Å². The molecule has 174 valence electrons. The molecule has 0 aliphatic carbocycles. The van der Waals surface area contributed by atoms with Gasteiger partial charge in [-0.05, 0) is 57.5 Å². The predicted octanol–water partition coefficient (Wildman–Crippen LogP) is 3.73. The molecule has 1 atom stereocenters. The van der Waals surface area contributed by atoms with E-state index in [0.717, 1.165) is 25.9 Å². The van der Waals surface area contributed by atoms with Crippen LogP contribution in [0.15, 0.2) is 35.6 Å². The lowest BCUT2D eigenvalue weighted by atomic mass is 9.95. The highest BCUT2D eigenvalue weighted by Crippen LogP contribution is 2.40. The van der Waals surface area contributed by atoms with Gasteiger partial charge in [-0.25, -0.2) is 4.98 Å². The van der Waals surface area contributed by atoms with Crippen molar-refractivity contribution < 1.29 is 19.6 Å². The Kier molecular flexibility index (Phi) is 6.57. The summed E-state index contributed by atoms with van der Waals surface area (Å²) in [7, 11) is 0. The topological polar surface area (TPSA) is 117 Å². The quantitative estimate of drug-likeness (QED) is 0.372. The van der Waals surface area contributed by atoms with Crippen LogP contribution in [0.2, 0.25) is 0 Å². The number of carbonyl (C=O) groups is 2. The maximum atomic E-state index is 13.5. The van der Waals surface area contributed by atoms with Crippen LogP contribution in [-0.2, 0) is 4.79 Å². The molecule has 0 spiro atoms. The summed E-state index contributed by atoms with van der Waals surface area (Å²) in [4.78, 5) is 45.7. The molecule has 33 heavy (non-hydrogen) atoms. The van der Waals surface area contributed by atoms with Gasteiger partial charge in [0.2, 0.25) is 5.78 Å². The van der Waals surface area contributed by atoms with Gasteiger partial charge in [-0.2, -0.15) is 0 Å². The van der Waals surface area contributed by atoms with Crippen LogP contribution in [0, 0.1) is 24.0 Å². The summed E-state index contributed by atoms with van der Waals surface area (Å²) in [6.45, 7) is 6.38. The zero-order chi connectivity index (χ0) is 23.7. The van der Waals surface area contributed by atoms with E-state index in [1.54, 1.807) is 26.0 Å². The van der Waals surface area contributed by atoms with Gasteiger partial charge in [-0.3, -0.25) is 19.7 Å². The fraction of sp³-hybridized carbons (Fsp3) is 0.435. The summed E-state index contributed by atoms with van der Waals surface area (Å²) in [5, 5.41) is 22.6. The number of nitro groups is 1. The molecule has 1 N–H and O–H groups in total. The minimum atomic E-state index is -0.822. The largest absolute Gasteiger partial charge is 0.503 e. The standard InChI is InChI=1S/C23H26N4O5S/c1-14-22(33-15(2)24-14)20(28)18-19(16-6-8-17(9-7-16)27(31)32)26(23(30)21(18)29)13-12-25-10-4-3-5-11-25/h6-9,19,29H,3-5,10-13H2,1-2H3. The second kappa shape index (κ2) is 9.40. The smallest absolute Gasteiger partial charge is 0.290 e. The summed E-state index contributed by atoms with van der Waals surface area (Å²) in [5.74, 6) is -1.60. The number of nitro benzene ring substituents is 1. The second-order valence-corrected chi connectivity index (χ2v) is 9.59. The molecule has 1 fully saturated rings. The molecule has 3 heterocycles. The number of benzene rings is 1. The highest BCUT2D eigenvalue weighted by Gasteiger charge is 2.44. The number of aliphatic hydroxyl groups is 1. The molecule has 0 radical (unpaired) electrons. The number of hydrogen-bond donors (Lipinski definition) is 1. The summed E-state index contributed by atoms with van der Waals surface area (Å²) in [6.07, 6.45) is 3.41. The number of aryl methyl sites for hydroxylation is 2. The van der Waals surface area contributed by atoms with Crippen molar-refractivity contribution >= 4 is 28.7 Å². The molecule has 2 aliphatic rings. The van der Waals surface area contributed by atoms with Gasteiger partial charge in [0.25, 0.3) is 11.6 Å². The monoisotopic (exact) mass is 470 g/mol. The molecule has 1 unspecified atom stereocenters. The fourth-order valence-corrected chi connectivity index (χ4v) is 5.41. The third-order valence-corrected chi connectivity index (χ3v) is 7.26. The van der Waals surface area contributed by atoms with Gasteiger partial charge in [0.15, 0.2) is 5.76 Å². The van der Waals surface area contributed by atoms with E-state index in [0.29, 0.717) is 34.2 Å². The van der Waals surface area contributed by atoms with Crippen molar-refractivity contribution in [3.05, 3.63) is 66.9 Å². The number of likely N-dealkylation sites (tertiary alicyclic amines) is 1. The molecule has 10 heteroatoms. The Bertz CT molecular complexity index is 1120. The van der Waals surface area contributed by atoms with Crippen LogP contribution in [-0.4, -0.2) is 62.7 Å². The van der Waals surface area contributed by atoms with Gasteiger partial charge in [-0.1, -0.05) is 6.42 Å². The molecule has 9 nitrogen and oxygen atoms in total. The number of hydrogen-bond acceptors (Lipinski definition) is 8. The number of aromatic nitrogens is 1. The third kappa shape index (κ3) is 4.53. The number of aliphatic hydroxyl groups excluding tert-OH is 1. The molecule has 2 aromatic rings. The molecule has 1 aromatic carbocycles. The lowest BCUT2D eigenvalue weighted by Gasteiger charge is -2.31. The average Bonchev–Trinajstić information content (AvgIpc) is 3.28. The van der Waals surface area contributed by atoms with Gasteiger partial charge in [0.05, 0.1) is 32.1 Å². The Morgan fingerprint density at radius 3 is 2.42 bits per heavy atom. The second-order valence-electron chi connectivity index (χ2n) is 8.39. The van der Waals surface area contributed by atoms with E-state index in [1.165, 1.54) is 34.8 Å². The molecule has 4 rings (SSSR count). The van der Waals surface area contributed by atoms with E-state index in [4.69, 9.17) is 0 Å². The number of carbonyl (C=O) groups excluding carboxylic acids is 2. The van der Waals surface area contributed by atoms with Crippen LogP contribution in [0.4, 0.5) is 5.69 Å². The normalized spacial score (nSPS) is 19.4. The van der Waals surface area contributed by atoms with Crippen molar-refractivity contribution in [2.75, 3.05) is 26.2 Å². The number of rotatable bonds is 7. The number of thiazole rings is 1. The van der Waals surface area contributed by atoms with E-state index in [2.05, 4.69) is 9.88 Å². The zero-order valence-electron chi connectivity index (χ0n) is 18.6. The summed E-state index contributed by atoms with van der Waals surface area (Å²) in [6, 6.07) is 4.96. The number of ketones is 1. The van der Waals surface area contributed by atoms with Gasteiger partial charge >= 0.3 is 0 Å². The molecule has 1 saturated heterocycles. The van der Waals surface area contributed by atoms with Crippen LogP contribution in [0.25, 0.3) is 0 Å².